The molecule has 1 atom stereocenters. The lowest BCUT2D eigenvalue weighted by atomic mass is 10.1. The van der Waals surface area contributed by atoms with Crippen molar-refractivity contribution in [3.05, 3.63) is 0 Å². The molecule has 0 bridgehead atoms. The first kappa shape index (κ1) is 20.1. The molecule has 0 saturated carbocycles. The Labute approximate surface area is 134 Å². The Morgan fingerprint density at radius 3 is 2.41 bits per heavy atom. The molecule has 0 aliphatic carbocycles. The van der Waals surface area contributed by atoms with Gasteiger partial charge in [-0.2, -0.15) is 0 Å². The number of rotatable bonds is 6. The lowest BCUT2D eigenvalue weighted by molar-refractivity contribution is 0.0493. The van der Waals surface area contributed by atoms with Crippen molar-refractivity contribution in [2.45, 2.75) is 53.2 Å². The molecule has 0 aliphatic rings. The normalized spacial score (nSPS) is 13.3. The van der Waals surface area contributed by atoms with Gasteiger partial charge in [0.15, 0.2) is 5.96 Å². The van der Waals surface area contributed by atoms with E-state index in [0.29, 0.717) is 19.0 Å². The van der Waals surface area contributed by atoms with Crippen LogP contribution in [0.1, 0.15) is 41.5 Å². The van der Waals surface area contributed by atoms with Gasteiger partial charge in [0, 0.05) is 6.54 Å². The van der Waals surface area contributed by atoms with Crippen molar-refractivity contribution in [1.82, 2.24) is 16.0 Å². The summed E-state index contributed by atoms with van der Waals surface area (Å²) in [6.45, 7) is 13.1. The number of hydrogen-bond acceptors (Lipinski definition) is 3. The summed E-state index contributed by atoms with van der Waals surface area (Å²) in [4.78, 5) is 16.3. The van der Waals surface area contributed by atoms with E-state index in [0.717, 1.165) is 6.54 Å². The predicted octanol–water partition coefficient (Wildman–Crippen LogP) is 1.72. The van der Waals surface area contributed by atoms with Crippen molar-refractivity contribution in [1.29, 1.82) is 0 Å². The van der Waals surface area contributed by atoms with Crippen LogP contribution in [0.5, 0.6) is 0 Å². The van der Waals surface area contributed by atoms with Crippen LogP contribution in [-0.4, -0.2) is 43.3 Å². The zero-order chi connectivity index (χ0) is 17.2. The van der Waals surface area contributed by atoms with Crippen molar-refractivity contribution < 1.29 is 9.53 Å². The Kier molecular flexibility index (Phi) is 9.07. The number of nitrogens with zero attached hydrogens (tertiary/aromatic N) is 1. The van der Waals surface area contributed by atoms with Crippen LogP contribution in [0.25, 0.3) is 0 Å². The number of terminal acetylenes is 1. The summed E-state index contributed by atoms with van der Waals surface area (Å²) in [7, 11) is 0. The van der Waals surface area contributed by atoms with E-state index in [9.17, 15) is 4.79 Å². The fraction of sp³-hybridized carbons (Fsp3) is 0.750. The monoisotopic (exact) mass is 310 g/mol. The van der Waals surface area contributed by atoms with Crippen molar-refractivity contribution in [2.75, 3.05) is 19.6 Å². The smallest absolute Gasteiger partial charge is 0.407 e. The maximum atomic E-state index is 11.9. The fourth-order valence-electron chi connectivity index (χ4n) is 1.55. The number of carbonyl (C=O) groups excluding carboxylic acids is 1. The average molecular weight is 310 g/mol. The molecule has 0 aromatic rings. The molecule has 6 nitrogen and oxygen atoms in total. The van der Waals surface area contributed by atoms with Crippen molar-refractivity contribution in [3.8, 4) is 12.3 Å². The summed E-state index contributed by atoms with van der Waals surface area (Å²) >= 11 is 0. The molecule has 22 heavy (non-hydrogen) atoms. The Balaban J connectivity index is 4.68. The molecule has 0 radical (unpaired) electrons. The van der Waals surface area contributed by atoms with Crippen LogP contribution in [0, 0.1) is 18.3 Å². The van der Waals surface area contributed by atoms with Gasteiger partial charge in [-0.15, -0.1) is 6.42 Å². The number of nitrogens with one attached hydrogen (secondary N) is 3. The second-order valence-electron chi connectivity index (χ2n) is 6.27. The molecule has 3 N–H and O–H groups in total. The van der Waals surface area contributed by atoms with Crippen LogP contribution in [-0.2, 0) is 4.74 Å². The molecule has 0 aromatic carbocycles. The molecular formula is C16H30N4O2. The van der Waals surface area contributed by atoms with E-state index in [2.05, 4.69) is 26.9 Å². The first-order valence-corrected chi connectivity index (χ1v) is 7.64. The van der Waals surface area contributed by atoms with E-state index in [1.807, 2.05) is 41.5 Å². The summed E-state index contributed by atoms with van der Waals surface area (Å²) in [5, 5.41) is 8.98. The Morgan fingerprint density at radius 2 is 1.95 bits per heavy atom. The number of amides is 1. The Bertz CT molecular complexity index is 405. The van der Waals surface area contributed by atoms with Gasteiger partial charge in [-0.3, -0.25) is 4.99 Å². The molecule has 0 aromatic heterocycles. The van der Waals surface area contributed by atoms with Crippen LogP contribution < -0.4 is 16.0 Å². The van der Waals surface area contributed by atoms with Crippen LogP contribution in [0.4, 0.5) is 4.79 Å². The van der Waals surface area contributed by atoms with E-state index in [-0.39, 0.29) is 12.0 Å². The second-order valence-corrected chi connectivity index (χ2v) is 6.27. The topological polar surface area (TPSA) is 74.8 Å². The third kappa shape index (κ3) is 9.92. The summed E-state index contributed by atoms with van der Waals surface area (Å²) < 4.78 is 5.28. The van der Waals surface area contributed by atoms with E-state index in [1.54, 1.807) is 0 Å². The van der Waals surface area contributed by atoms with E-state index < -0.39 is 11.7 Å². The van der Waals surface area contributed by atoms with Gasteiger partial charge in [0.05, 0.1) is 19.1 Å². The van der Waals surface area contributed by atoms with Crippen molar-refractivity contribution in [3.63, 3.8) is 0 Å². The van der Waals surface area contributed by atoms with Gasteiger partial charge >= 0.3 is 6.09 Å². The highest BCUT2D eigenvalue weighted by atomic mass is 16.6. The van der Waals surface area contributed by atoms with Gasteiger partial charge in [-0.25, -0.2) is 4.79 Å². The maximum absolute atomic E-state index is 11.9. The van der Waals surface area contributed by atoms with Gasteiger partial charge in [0.2, 0.25) is 0 Å². The van der Waals surface area contributed by atoms with Crippen LogP contribution in [0.2, 0.25) is 0 Å². The lowest BCUT2D eigenvalue weighted by Gasteiger charge is -2.25. The molecule has 0 rings (SSSR count). The maximum Gasteiger partial charge on any atom is 0.407 e. The van der Waals surface area contributed by atoms with Gasteiger partial charge in [0.25, 0.3) is 0 Å². The van der Waals surface area contributed by atoms with Crippen LogP contribution >= 0.6 is 0 Å². The van der Waals surface area contributed by atoms with E-state index >= 15 is 0 Å². The molecule has 6 heteroatoms. The average Bonchev–Trinajstić information content (AvgIpc) is 2.37. The molecule has 1 amide bonds. The lowest BCUT2D eigenvalue weighted by Crippen LogP contribution is -2.45. The minimum atomic E-state index is -0.516. The highest BCUT2D eigenvalue weighted by Gasteiger charge is 2.21. The number of guanidine groups is 1. The molecular weight excluding hydrogens is 280 g/mol. The number of ether oxygens (including phenoxy) is 1. The standard InChI is InChI=1S/C16H30N4O2/c1-8-10-18-14(17-9-2)19-11-13(12(3)4)20-15(21)22-16(5,6)7/h1,12-13H,9-11H2,2-7H3,(H,20,21)(H2,17,18,19). The first-order chi connectivity index (χ1) is 10.2. The molecule has 0 spiro atoms. The third-order valence-corrected chi connectivity index (χ3v) is 2.66. The molecule has 0 heterocycles. The molecule has 1 unspecified atom stereocenters. The summed E-state index contributed by atoms with van der Waals surface area (Å²) in [5.74, 6) is 3.37. The van der Waals surface area contributed by atoms with Crippen molar-refractivity contribution in [2.24, 2.45) is 10.9 Å². The molecule has 0 saturated heterocycles. The van der Waals surface area contributed by atoms with Gasteiger partial charge < -0.3 is 20.7 Å². The minimum Gasteiger partial charge on any atom is -0.444 e. The SMILES string of the molecule is C#CCNC(=NCC(NC(=O)OC(C)(C)C)C(C)C)NCC. The van der Waals surface area contributed by atoms with Gasteiger partial charge in [0.1, 0.15) is 5.60 Å². The summed E-state index contributed by atoms with van der Waals surface area (Å²) in [5.41, 5.74) is -0.516. The van der Waals surface area contributed by atoms with Crippen molar-refractivity contribution >= 4 is 12.1 Å². The van der Waals surface area contributed by atoms with Gasteiger partial charge in [-0.1, -0.05) is 19.8 Å². The quantitative estimate of drug-likeness (QED) is 0.397. The van der Waals surface area contributed by atoms with Gasteiger partial charge in [-0.05, 0) is 33.6 Å². The number of alkyl carbamates (subject to hydrolysis) is 1. The molecule has 0 fully saturated rings. The van der Waals surface area contributed by atoms with Crippen LogP contribution in [0.15, 0.2) is 4.99 Å². The van der Waals surface area contributed by atoms with Crippen LogP contribution in [0.3, 0.4) is 0 Å². The predicted molar refractivity (Wildman–Crippen MR) is 90.8 cm³/mol. The summed E-state index contributed by atoms with van der Waals surface area (Å²) in [6, 6.07) is -0.115. The second kappa shape index (κ2) is 9.93. The summed E-state index contributed by atoms with van der Waals surface area (Å²) in [6.07, 6.45) is 4.81. The largest absolute Gasteiger partial charge is 0.444 e. The Hall–Kier alpha value is -1.90. The number of aliphatic imine (C=N–C) groups is 1. The zero-order valence-corrected chi connectivity index (χ0v) is 14.6. The number of carbonyl (C=O) groups is 1. The molecule has 0 aliphatic heterocycles. The molecule has 126 valence electrons. The van der Waals surface area contributed by atoms with E-state index in [4.69, 9.17) is 11.2 Å². The highest BCUT2D eigenvalue weighted by Crippen LogP contribution is 2.08. The number of hydrogen-bond donors (Lipinski definition) is 3. The Morgan fingerprint density at radius 1 is 1.32 bits per heavy atom. The fourth-order valence-corrected chi connectivity index (χ4v) is 1.55. The highest BCUT2D eigenvalue weighted by molar-refractivity contribution is 5.80. The first-order valence-electron chi connectivity index (χ1n) is 7.64. The zero-order valence-electron chi connectivity index (χ0n) is 14.6. The minimum absolute atomic E-state index is 0.115. The third-order valence-electron chi connectivity index (χ3n) is 2.66. The van der Waals surface area contributed by atoms with E-state index in [1.165, 1.54) is 0 Å².